The third-order valence-electron chi connectivity index (χ3n) is 4.66. The van der Waals surface area contributed by atoms with Crippen LogP contribution in [0.4, 0.5) is 0 Å². The van der Waals surface area contributed by atoms with Gasteiger partial charge in [0.2, 0.25) is 0 Å². The Labute approximate surface area is 137 Å². The van der Waals surface area contributed by atoms with Crippen molar-refractivity contribution in [3.8, 4) is 0 Å². The maximum absolute atomic E-state index is 6.07. The number of ether oxygens (including phenoxy) is 3. The standard InChI is InChI=1S/C19H36O3/c1-6-17(5)21-11-7-10-20-12-13-22-19-14-16(4)8-9-18(19)15(2)3/h16-19H,2,6-14H2,1,3-5H3. The molecule has 1 aliphatic rings. The van der Waals surface area contributed by atoms with E-state index in [0.717, 1.165) is 38.4 Å². The lowest BCUT2D eigenvalue weighted by atomic mass is 9.78. The van der Waals surface area contributed by atoms with Gasteiger partial charge in [0, 0.05) is 19.1 Å². The Morgan fingerprint density at radius 3 is 2.64 bits per heavy atom. The van der Waals surface area contributed by atoms with E-state index >= 15 is 0 Å². The molecule has 0 aromatic heterocycles. The normalized spacial score (nSPS) is 26.8. The molecule has 3 nitrogen and oxygen atoms in total. The highest BCUT2D eigenvalue weighted by atomic mass is 16.5. The van der Waals surface area contributed by atoms with Crippen LogP contribution in [0.1, 0.15) is 59.8 Å². The molecule has 1 fully saturated rings. The van der Waals surface area contributed by atoms with Crippen LogP contribution in [-0.4, -0.2) is 38.6 Å². The molecule has 130 valence electrons. The monoisotopic (exact) mass is 312 g/mol. The molecule has 0 aliphatic heterocycles. The molecule has 3 heteroatoms. The maximum atomic E-state index is 6.07. The summed E-state index contributed by atoms with van der Waals surface area (Å²) >= 11 is 0. The lowest BCUT2D eigenvalue weighted by molar-refractivity contribution is -0.0412. The fourth-order valence-electron chi connectivity index (χ4n) is 3.00. The highest BCUT2D eigenvalue weighted by Crippen LogP contribution is 2.34. The zero-order valence-electron chi connectivity index (χ0n) is 15.1. The van der Waals surface area contributed by atoms with Gasteiger partial charge in [0.25, 0.3) is 0 Å². The van der Waals surface area contributed by atoms with Gasteiger partial charge < -0.3 is 14.2 Å². The Morgan fingerprint density at radius 1 is 1.18 bits per heavy atom. The van der Waals surface area contributed by atoms with Crippen molar-refractivity contribution in [3.05, 3.63) is 12.2 Å². The second kappa shape index (κ2) is 11.2. The van der Waals surface area contributed by atoms with Crippen LogP contribution in [0.5, 0.6) is 0 Å². The van der Waals surface area contributed by atoms with Crippen molar-refractivity contribution < 1.29 is 14.2 Å². The molecule has 0 amide bonds. The van der Waals surface area contributed by atoms with Crippen molar-refractivity contribution in [3.63, 3.8) is 0 Å². The second-order valence-electron chi connectivity index (χ2n) is 6.84. The van der Waals surface area contributed by atoms with E-state index in [1.165, 1.54) is 18.4 Å². The molecule has 1 aliphatic carbocycles. The third kappa shape index (κ3) is 7.75. The van der Waals surface area contributed by atoms with Crippen molar-refractivity contribution in [1.82, 2.24) is 0 Å². The highest BCUT2D eigenvalue weighted by molar-refractivity contribution is 5.02. The Hall–Kier alpha value is -0.380. The summed E-state index contributed by atoms with van der Waals surface area (Å²) in [6.07, 6.45) is 6.38. The molecule has 0 bridgehead atoms. The zero-order chi connectivity index (χ0) is 16.4. The number of hydrogen-bond donors (Lipinski definition) is 0. The Bertz CT molecular complexity index is 303. The minimum Gasteiger partial charge on any atom is -0.379 e. The van der Waals surface area contributed by atoms with Gasteiger partial charge in [0.15, 0.2) is 0 Å². The van der Waals surface area contributed by atoms with Gasteiger partial charge in [-0.05, 0) is 51.9 Å². The van der Waals surface area contributed by atoms with Gasteiger partial charge in [-0.15, -0.1) is 0 Å². The van der Waals surface area contributed by atoms with E-state index in [2.05, 4.69) is 34.3 Å². The molecule has 0 saturated heterocycles. The molecule has 0 heterocycles. The summed E-state index contributed by atoms with van der Waals surface area (Å²) in [4.78, 5) is 0. The van der Waals surface area contributed by atoms with Crippen molar-refractivity contribution >= 4 is 0 Å². The predicted octanol–water partition coefficient (Wildman–Crippen LogP) is 4.61. The minimum absolute atomic E-state index is 0.332. The van der Waals surface area contributed by atoms with Crippen LogP contribution in [0.25, 0.3) is 0 Å². The molecule has 0 aromatic carbocycles. The fourth-order valence-corrected chi connectivity index (χ4v) is 3.00. The Kier molecular flexibility index (Phi) is 10.0. The molecule has 4 unspecified atom stereocenters. The first kappa shape index (κ1) is 19.7. The van der Waals surface area contributed by atoms with E-state index in [-0.39, 0.29) is 0 Å². The van der Waals surface area contributed by atoms with Crippen LogP contribution in [0.3, 0.4) is 0 Å². The molecular weight excluding hydrogens is 276 g/mol. The fraction of sp³-hybridized carbons (Fsp3) is 0.895. The molecule has 0 N–H and O–H groups in total. The van der Waals surface area contributed by atoms with Crippen LogP contribution in [-0.2, 0) is 14.2 Å². The van der Waals surface area contributed by atoms with E-state index < -0.39 is 0 Å². The van der Waals surface area contributed by atoms with Crippen LogP contribution in [0.15, 0.2) is 12.2 Å². The van der Waals surface area contributed by atoms with Crippen molar-refractivity contribution in [2.45, 2.75) is 72.0 Å². The lowest BCUT2D eigenvalue weighted by Gasteiger charge is -2.35. The lowest BCUT2D eigenvalue weighted by Crippen LogP contribution is -2.32. The molecular formula is C19H36O3. The molecule has 22 heavy (non-hydrogen) atoms. The first-order valence-electron chi connectivity index (χ1n) is 9.00. The molecule has 1 rings (SSSR count). The van der Waals surface area contributed by atoms with Crippen molar-refractivity contribution in [2.75, 3.05) is 26.4 Å². The Balaban J connectivity index is 2.06. The quantitative estimate of drug-likeness (QED) is 0.412. The first-order valence-corrected chi connectivity index (χ1v) is 9.00. The Morgan fingerprint density at radius 2 is 1.95 bits per heavy atom. The maximum Gasteiger partial charge on any atom is 0.0704 e. The van der Waals surface area contributed by atoms with Gasteiger partial charge in [-0.1, -0.05) is 26.0 Å². The van der Waals surface area contributed by atoms with Crippen LogP contribution in [0, 0.1) is 11.8 Å². The number of rotatable bonds is 11. The predicted molar refractivity (Wildman–Crippen MR) is 92.2 cm³/mol. The third-order valence-corrected chi connectivity index (χ3v) is 4.66. The summed E-state index contributed by atoms with van der Waals surface area (Å²) in [5, 5.41) is 0. The van der Waals surface area contributed by atoms with Gasteiger partial charge in [-0.3, -0.25) is 0 Å². The second-order valence-corrected chi connectivity index (χ2v) is 6.84. The van der Waals surface area contributed by atoms with E-state index in [1.54, 1.807) is 0 Å². The van der Waals surface area contributed by atoms with E-state index in [9.17, 15) is 0 Å². The minimum atomic E-state index is 0.332. The summed E-state index contributed by atoms with van der Waals surface area (Å²) in [5.41, 5.74) is 1.26. The average molecular weight is 312 g/mol. The van der Waals surface area contributed by atoms with Gasteiger partial charge in [-0.25, -0.2) is 0 Å². The SMILES string of the molecule is C=C(C)C1CCC(C)CC1OCCOCCCOC(C)CC. The highest BCUT2D eigenvalue weighted by Gasteiger charge is 2.29. The molecule has 0 aromatic rings. The van der Waals surface area contributed by atoms with Gasteiger partial charge in [-0.2, -0.15) is 0 Å². The molecule has 0 spiro atoms. The topological polar surface area (TPSA) is 27.7 Å². The van der Waals surface area contributed by atoms with E-state index in [1.807, 2.05) is 0 Å². The van der Waals surface area contributed by atoms with Crippen LogP contribution in [0.2, 0.25) is 0 Å². The summed E-state index contributed by atoms with van der Waals surface area (Å²) in [6.45, 7) is 15.7. The van der Waals surface area contributed by atoms with Crippen LogP contribution < -0.4 is 0 Å². The summed E-state index contributed by atoms with van der Waals surface area (Å²) < 4.78 is 17.3. The van der Waals surface area contributed by atoms with Gasteiger partial charge >= 0.3 is 0 Å². The average Bonchev–Trinajstić information content (AvgIpc) is 2.49. The van der Waals surface area contributed by atoms with Gasteiger partial charge in [0.05, 0.1) is 25.4 Å². The van der Waals surface area contributed by atoms with Crippen LogP contribution >= 0.6 is 0 Å². The summed E-state index contributed by atoms with van der Waals surface area (Å²) in [6, 6.07) is 0. The molecule has 0 radical (unpaired) electrons. The largest absolute Gasteiger partial charge is 0.379 e. The number of hydrogen-bond acceptors (Lipinski definition) is 3. The summed E-state index contributed by atoms with van der Waals surface area (Å²) in [5.74, 6) is 1.29. The van der Waals surface area contributed by atoms with E-state index in [0.29, 0.717) is 31.3 Å². The van der Waals surface area contributed by atoms with E-state index in [4.69, 9.17) is 14.2 Å². The van der Waals surface area contributed by atoms with Crippen molar-refractivity contribution in [2.24, 2.45) is 11.8 Å². The first-order chi connectivity index (χ1) is 10.5. The molecule has 4 atom stereocenters. The summed E-state index contributed by atoms with van der Waals surface area (Å²) in [7, 11) is 0. The smallest absolute Gasteiger partial charge is 0.0704 e. The van der Waals surface area contributed by atoms with Gasteiger partial charge in [0.1, 0.15) is 0 Å². The molecule has 1 saturated carbocycles. The zero-order valence-corrected chi connectivity index (χ0v) is 15.1. The van der Waals surface area contributed by atoms with Crippen molar-refractivity contribution in [1.29, 1.82) is 0 Å².